The Morgan fingerprint density at radius 2 is 0.773 bits per heavy atom. The van der Waals surface area contributed by atoms with Crippen molar-refractivity contribution in [1.82, 2.24) is 0 Å². The van der Waals surface area contributed by atoms with E-state index < -0.39 is 92.7 Å². The van der Waals surface area contributed by atoms with Gasteiger partial charge in [-0.05, 0) is 12.8 Å². The van der Waals surface area contributed by atoms with Gasteiger partial charge in [0.2, 0.25) is 0 Å². The number of carbonyl (C=O) groups excluding carboxylic acids is 2. The van der Waals surface area contributed by atoms with E-state index in [0.717, 1.165) is 38.5 Å². The topological polar surface area (TPSA) is 231 Å². The van der Waals surface area contributed by atoms with E-state index in [1.165, 1.54) is 141 Å². The molecule has 0 aliphatic carbocycles. The zero-order valence-electron chi connectivity index (χ0n) is 41.2. The van der Waals surface area contributed by atoms with Crippen LogP contribution in [0.2, 0.25) is 0 Å². The summed E-state index contributed by atoms with van der Waals surface area (Å²) in [4.78, 5) is 25.8. The summed E-state index contributed by atoms with van der Waals surface area (Å²) in [5.41, 5.74) is 0. The highest BCUT2D eigenvalue weighted by Crippen LogP contribution is 2.27. The summed E-state index contributed by atoms with van der Waals surface area (Å²) in [6.07, 6.45) is 19.8. The van der Waals surface area contributed by atoms with E-state index in [-0.39, 0.29) is 26.1 Å². The van der Waals surface area contributed by atoms with E-state index in [1.807, 2.05) is 0 Å². The Morgan fingerprint density at radius 3 is 1.18 bits per heavy atom. The zero-order valence-corrected chi connectivity index (χ0v) is 41.2. The number of aliphatic hydroxyl groups excluding tert-OH is 7. The number of esters is 2. The van der Waals surface area contributed by atoms with Gasteiger partial charge in [0.25, 0.3) is 0 Å². The van der Waals surface area contributed by atoms with E-state index in [2.05, 4.69) is 13.8 Å². The maximum absolute atomic E-state index is 13.0. The molecule has 2 fully saturated rings. The van der Waals surface area contributed by atoms with Crippen LogP contribution in [0.25, 0.3) is 0 Å². The van der Waals surface area contributed by atoms with Crippen LogP contribution in [0.4, 0.5) is 0 Å². The van der Waals surface area contributed by atoms with Crippen LogP contribution < -0.4 is 0 Å². The van der Waals surface area contributed by atoms with Gasteiger partial charge in [0, 0.05) is 12.8 Å². The lowest BCUT2D eigenvalue weighted by Crippen LogP contribution is -2.61. The molecule has 2 heterocycles. The average molecular weight is 949 g/mol. The van der Waals surface area contributed by atoms with Crippen LogP contribution in [-0.2, 0) is 38.0 Å². The summed E-state index contributed by atoms with van der Waals surface area (Å²) in [5.74, 6) is -0.908. The fraction of sp³-hybridized carbons (Fsp3) is 0.961. The minimum atomic E-state index is -1.76. The summed E-state index contributed by atoms with van der Waals surface area (Å²) >= 11 is 0. The van der Waals surface area contributed by atoms with Crippen molar-refractivity contribution in [3.8, 4) is 0 Å². The molecule has 0 aromatic heterocycles. The molecular formula is C51H96O15. The Hall–Kier alpha value is -1.50. The van der Waals surface area contributed by atoms with Crippen molar-refractivity contribution in [3.63, 3.8) is 0 Å². The van der Waals surface area contributed by atoms with E-state index in [9.17, 15) is 45.3 Å². The largest absolute Gasteiger partial charge is 0.462 e. The molecule has 15 nitrogen and oxygen atoms in total. The first kappa shape index (κ1) is 60.6. The molecule has 2 saturated heterocycles. The summed E-state index contributed by atoms with van der Waals surface area (Å²) in [6.45, 7) is 2.63. The van der Waals surface area contributed by atoms with Crippen LogP contribution in [0.5, 0.6) is 0 Å². The quantitative estimate of drug-likeness (QED) is 0.0231. The minimum absolute atomic E-state index is 0.173. The average Bonchev–Trinajstić information content (AvgIpc) is 3.31. The van der Waals surface area contributed by atoms with E-state index in [1.54, 1.807) is 0 Å². The van der Waals surface area contributed by atoms with Crippen molar-refractivity contribution in [2.24, 2.45) is 0 Å². The third-order valence-electron chi connectivity index (χ3n) is 13.1. The van der Waals surface area contributed by atoms with Crippen LogP contribution >= 0.6 is 0 Å². The molecular weight excluding hydrogens is 853 g/mol. The van der Waals surface area contributed by atoms with Crippen molar-refractivity contribution in [3.05, 3.63) is 0 Å². The number of unbranched alkanes of at least 4 members (excludes halogenated alkanes) is 28. The fourth-order valence-corrected chi connectivity index (χ4v) is 8.69. The van der Waals surface area contributed by atoms with E-state index in [4.69, 9.17) is 28.4 Å². The first-order valence-corrected chi connectivity index (χ1v) is 26.6. The van der Waals surface area contributed by atoms with E-state index in [0.29, 0.717) is 12.8 Å². The van der Waals surface area contributed by atoms with Gasteiger partial charge in [-0.1, -0.05) is 194 Å². The molecule has 11 atom stereocenters. The second-order valence-corrected chi connectivity index (χ2v) is 19.1. The van der Waals surface area contributed by atoms with Gasteiger partial charge >= 0.3 is 11.9 Å². The number of hydrogen-bond acceptors (Lipinski definition) is 15. The van der Waals surface area contributed by atoms with Gasteiger partial charge in [0.15, 0.2) is 18.7 Å². The maximum Gasteiger partial charge on any atom is 0.306 e. The fourth-order valence-electron chi connectivity index (χ4n) is 8.69. The summed E-state index contributed by atoms with van der Waals surface area (Å²) in [5, 5.41) is 72.1. The predicted molar refractivity (Wildman–Crippen MR) is 252 cm³/mol. The third-order valence-corrected chi connectivity index (χ3v) is 13.1. The van der Waals surface area contributed by atoms with Crippen LogP contribution in [-0.4, -0.2) is 142 Å². The second kappa shape index (κ2) is 39.2. The Balaban J connectivity index is 1.79. The summed E-state index contributed by atoms with van der Waals surface area (Å²) < 4.78 is 33.6. The molecule has 2 aliphatic heterocycles. The standard InChI is InChI=1S/C51H96O15/c1-3-5-7-9-11-13-15-17-19-21-23-25-27-29-31-33-42(53)61-36-39(64-43(54)34-32-30-28-26-24-22-20-18-16-14-12-10-8-6-4-2)37-62-50-49(60)47(58)45(56)41(66-50)38-63-51-48(59)46(57)44(55)40(35-52)65-51/h39-41,44-52,55-60H,3-38H2,1-2H3/t39-,40-,41-,44+,45+,46?,47?,48?,49?,50-,51-/m1/s1. The molecule has 0 spiro atoms. The number of carbonyl (C=O) groups is 2. The van der Waals surface area contributed by atoms with Crippen molar-refractivity contribution in [1.29, 1.82) is 0 Å². The van der Waals surface area contributed by atoms with Gasteiger partial charge in [-0.2, -0.15) is 0 Å². The first-order valence-electron chi connectivity index (χ1n) is 26.6. The van der Waals surface area contributed by atoms with Gasteiger partial charge in [-0.15, -0.1) is 0 Å². The number of hydrogen-bond donors (Lipinski definition) is 7. The normalized spacial score (nSPS) is 26.1. The second-order valence-electron chi connectivity index (χ2n) is 19.1. The van der Waals surface area contributed by atoms with Crippen molar-refractivity contribution >= 4 is 11.9 Å². The van der Waals surface area contributed by atoms with Gasteiger partial charge < -0.3 is 64.2 Å². The smallest absolute Gasteiger partial charge is 0.306 e. The molecule has 0 bridgehead atoms. The monoisotopic (exact) mass is 949 g/mol. The third kappa shape index (κ3) is 27.0. The lowest BCUT2D eigenvalue weighted by atomic mass is 9.98. The van der Waals surface area contributed by atoms with Crippen molar-refractivity contribution in [2.75, 3.05) is 26.4 Å². The highest BCUT2D eigenvalue weighted by molar-refractivity contribution is 5.70. The summed E-state index contributed by atoms with van der Waals surface area (Å²) in [6, 6.07) is 0. The molecule has 2 aliphatic rings. The minimum Gasteiger partial charge on any atom is -0.462 e. The Labute approximate surface area is 398 Å². The number of rotatable bonds is 42. The molecule has 2 rings (SSSR count). The van der Waals surface area contributed by atoms with E-state index >= 15 is 0 Å². The van der Waals surface area contributed by atoms with Crippen LogP contribution in [0.3, 0.4) is 0 Å². The molecule has 0 aromatic rings. The molecule has 7 N–H and O–H groups in total. The van der Waals surface area contributed by atoms with Gasteiger partial charge in [0.1, 0.15) is 55.4 Å². The van der Waals surface area contributed by atoms with Gasteiger partial charge in [0.05, 0.1) is 19.8 Å². The van der Waals surface area contributed by atoms with Gasteiger partial charge in [-0.25, -0.2) is 0 Å². The molecule has 0 aromatic carbocycles. The molecule has 66 heavy (non-hydrogen) atoms. The Morgan fingerprint density at radius 1 is 0.424 bits per heavy atom. The van der Waals surface area contributed by atoms with Gasteiger partial charge in [-0.3, -0.25) is 9.59 Å². The number of aliphatic hydroxyl groups is 7. The highest BCUT2D eigenvalue weighted by Gasteiger charge is 2.47. The molecule has 390 valence electrons. The molecule has 0 radical (unpaired) electrons. The van der Waals surface area contributed by atoms with Crippen LogP contribution in [0.1, 0.15) is 219 Å². The first-order chi connectivity index (χ1) is 32.0. The lowest BCUT2D eigenvalue weighted by Gasteiger charge is -2.42. The predicted octanol–water partition coefficient (Wildman–Crippen LogP) is 7.61. The molecule has 0 amide bonds. The summed E-state index contributed by atoms with van der Waals surface area (Å²) in [7, 11) is 0. The number of ether oxygens (including phenoxy) is 6. The molecule has 0 saturated carbocycles. The van der Waals surface area contributed by atoms with Crippen molar-refractivity contribution < 1.29 is 73.8 Å². The molecule has 4 unspecified atom stereocenters. The lowest BCUT2D eigenvalue weighted by molar-refractivity contribution is -0.332. The van der Waals surface area contributed by atoms with Crippen LogP contribution in [0, 0.1) is 0 Å². The highest BCUT2D eigenvalue weighted by atomic mass is 16.7. The maximum atomic E-state index is 13.0. The van der Waals surface area contributed by atoms with Crippen LogP contribution in [0.15, 0.2) is 0 Å². The Bertz CT molecular complexity index is 1160. The van der Waals surface area contributed by atoms with Crippen molar-refractivity contribution in [2.45, 2.75) is 287 Å². The molecule has 15 heteroatoms. The zero-order chi connectivity index (χ0) is 48.2. The Kier molecular flexibility index (Phi) is 36.0. The SMILES string of the molecule is CCCCCCCCCCCCCCCCCC(=O)OC[C@H](CO[C@@H]1O[C@H](CO[C@@H]2O[C@H](CO)[C@H](O)C(O)C2O)[C@H](O)C(O)C1O)OC(=O)CCCCCCCCCCCCCCCCC.